The van der Waals surface area contributed by atoms with Crippen LogP contribution in [0.3, 0.4) is 0 Å². The Labute approximate surface area is 98.3 Å². The Morgan fingerprint density at radius 1 is 1.25 bits per heavy atom. The first kappa shape index (κ1) is 11.5. The topological polar surface area (TPSA) is 29.9 Å². The van der Waals surface area contributed by atoms with Crippen LogP contribution in [0, 0.1) is 10.8 Å². The maximum atomic E-state index is 4.40. The van der Waals surface area contributed by atoms with Crippen LogP contribution in [0.25, 0.3) is 0 Å². The Bertz CT molecular complexity index is 374. The van der Waals surface area contributed by atoms with Crippen LogP contribution in [-0.2, 0) is 0 Å². The number of nitrogens with one attached hydrogen (secondary N) is 1. The molecular weight excluding hydrogens is 198 g/mol. The van der Waals surface area contributed by atoms with Crippen molar-refractivity contribution in [3.63, 3.8) is 0 Å². The highest BCUT2D eigenvalue weighted by molar-refractivity contribution is 5.32. The molecule has 90 valence electrons. The van der Waals surface area contributed by atoms with Crippen molar-refractivity contribution in [2.75, 3.05) is 5.32 Å². The monoisotopic (exact) mass is 221 g/mol. The van der Waals surface area contributed by atoms with E-state index in [9.17, 15) is 0 Å². The molecule has 3 heteroatoms. The molecule has 1 aliphatic carbocycles. The van der Waals surface area contributed by atoms with Crippen LogP contribution in [-0.4, -0.2) is 15.6 Å². The smallest absolute Gasteiger partial charge is 0.203 e. The van der Waals surface area contributed by atoms with Crippen molar-refractivity contribution in [1.29, 1.82) is 0 Å². The fourth-order valence-electron chi connectivity index (χ4n) is 2.75. The van der Waals surface area contributed by atoms with Crippen molar-refractivity contribution in [2.45, 2.75) is 53.6 Å². The minimum atomic E-state index is 0.348. The van der Waals surface area contributed by atoms with E-state index in [-0.39, 0.29) is 0 Å². The van der Waals surface area contributed by atoms with Gasteiger partial charge in [-0.3, -0.25) is 0 Å². The lowest BCUT2D eigenvalue weighted by Gasteiger charge is -2.13. The summed E-state index contributed by atoms with van der Waals surface area (Å²) in [6.45, 7) is 13.6. The molecule has 16 heavy (non-hydrogen) atoms. The van der Waals surface area contributed by atoms with Gasteiger partial charge in [0.25, 0.3) is 0 Å². The minimum Gasteiger partial charge on any atom is -0.353 e. The Balaban J connectivity index is 2.27. The molecule has 1 fully saturated rings. The molecule has 1 saturated carbocycles. The van der Waals surface area contributed by atoms with Gasteiger partial charge < -0.3 is 9.88 Å². The molecular formula is C13H23N3. The molecule has 0 bridgehead atoms. The highest BCUT2D eigenvalue weighted by Gasteiger charge is 2.66. The Kier molecular flexibility index (Phi) is 2.34. The van der Waals surface area contributed by atoms with Gasteiger partial charge in [-0.05, 0) is 24.7 Å². The van der Waals surface area contributed by atoms with Crippen molar-refractivity contribution >= 4 is 5.95 Å². The molecule has 0 spiro atoms. The second-order valence-electron chi connectivity index (χ2n) is 6.30. The van der Waals surface area contributed by atoms with E-state index in [1.54, 1.807) is 0 Å². The SMILES string of the molecule is CC(C)Nc1nccn1C1C(C)(C)C1(C)C. The fraction of sp³-hybridized carbons (Fsp3) is 0.769. The summed E-state index contributed by atoms with van der Waals surface area (Å²) in [5, 5.41) is 3.40. The molecule has 0 saturated heterocycles. The average Bonchev–Trinajstić information content (AvgIpc) is 2.48. The highest BCUT2D eigenvalue weighted by atomic mass is 15.3. The number of aromatic nitrogens is 2. The molecule has 1 aromatic heterocycles. The molecule has 2 rings (SSSR count). The van der Waals surface area contributed by atoms with Gasteiger partial charge in [0.1, 0.15) is 0 Å². The quantitative estimate of drug-likeness (QED) is 0.848. The van der Waals surface area contributed by atoms with E-state index in [2.05, 4.69) is 62.6 Å². The zero-order valence-electron chi connectivity index (χ0n) is 11.2. The molecule has 1 heterocycles. The van der Waals surface area contributed by atoms with Crippen LogP contribution in [0.5, 0.6) is 0 Å². The maximum Gasteiger partial charge on any atom is 0.203 e. The van der Waals surface area contributed by atoms with Crippen LogP contribution in [0.1, 0.15) is 47.6 Å². The second kappa shape index (κ2) is 3.25. The number of rotatable bonds is 3. The molecule has 3 nitrogen and oxygen atoms in total. The molecule has 1 aliphatic rings. The minimum absolute atomic E-state index is 0.348. The van der Waals surface area contributed by atoms with Crippen molar-refractivity contribution in [3.8, 4) is 0 Å². The Morgan fingerprint density at radius 2 is 1.81 bits per heavy atom. The van der Waals surface area contributed by atoms with E-state index in [1.807, 2.05) is 6.20 Å². The van der Waals surface area contributed by atoms with E-state index in [0.29, 0.717) is 22.9 Å². The van der Waals surface area contributed by atoms with Gasteiger partial charge in [0.15, 0.2) is 0 Å². The van der Waals surface area contributed by atoms with Crippen molar-refractivity contribution < 1.29 is 0 Å². The third-order valence-corrected chi connectivity index (χ3v) is 4.31. The highest BCUT2D eigenvalue weighted by Crippen LogP contribution is 2.71. The summed E-state index contributed by atoms with van der Waals surface area (Å²) >= 11 is 0. The summed E-state index contributed by atoms with van der Waals surface area (Å²) in [4.78, 5) is 4.40. The number of nitrogens with zero attached hydrogens (tertiary/aromatic N) is 2. The predicted molar refractivity (Wildman–Crippen MR) is 67.6 cm³/mol. The summed E-state index contributed by atoms with van der Waals surface area (Å²) in [6.07, 6.45) is 3.97. The third kappa shape index (κ3) is 1.45. The number of hydrogen-bond donors (Lipinski definition) is 1. The molecule has 0 amide bonds. The summed E-state index contributed by atoms with van der Waals surface area (Å²) in [5.41, 5.74) is 0.697. The Morgan fingerprint density at radius 3 is 2.25 bits per heavy atom. The maximum absolute atomic E-state index is 4.40. The van der Waals surface area contributed by atoms with Gasteiger partial charge in [0.2, 0.25) is 5.95 Å². The van der Waals surface area contributed by atoms with E-state index >= 15 is 0 Å². The van der Waals surface area contributed by atoms with Gasteiger partial charge in [0.05, 0.1) is 0 Å². The predicted octanol–water partition coefficient (Wildman–Crippen LogP) is 3.31. The first-order valence-corrected chi connectivity index (χ1v) is 6.08. The zero-order chi connectivity index (χ0) is 12.1. The van der Waals surface area contributed by atoms with Gasteiger partial charge in [-0.1, -0.05) is 27.7 Å². The first-order chi connectivity index (χ1) is 7.28. The summed E-state index contributed by atoms with van der Waals surface area (Å²) in [6, 6.07) is 0.967. The molecule has 0 aliphatic heterocycles. The summed E-state index contributed by atoms with van der Waals surface area (Å²) < 4.78 is 2.29. The van der Waals surface area contributed by atoms with Gasteiger partial charge in [-0.25, -0.2) is 4.98 Å². The molecule has 1 N–H and O–H groups in total. The fourth-order valence-corrected chi connectivity index (χ4v) is 2.75. The number of hydrogen-bond acceptors (Lipinski definition) is 2. The second-order valence-corrected chi connectivity index (χ2v) is 6.30. The summed E-state index contributed by atoms with van der Waals surface area (Å²) in [5.74, 6) is 0.999. The standard InChI is InChI=1S/C13H23N3/c1-9(2)15-11-14-7-8-16(11)10-12(3,4)13(10,5)6/h7-10H,1-6H3,(H,14,15). The molecule has 1 aromatic rings. The van der Waals surface area contributed by atoms with Gasteiger partial charge >= 0.3 is 0 Å². The van der Waals surface area contributed by atoms with Crippen LogP contribution in [0.2, 0.25) is 0 Å². The first-order valence-electron chi connectivity index (χ1n) is 6.08. The Hall–Kier alpha value is -0.990. The van der Waals surface area contributed by atoms with Crippen molar-refractivity contribution in [2.24, 2.45) is 10.8 Å². The molecule has 0 atom stereocenters. The lowest BCUT2D eigenvalue weighted by atomic mass is 10.0. The van der Waals surface area contributed by atoms with Crippen LogP contribution >= 0.6 is 0 Å². The third-order valence-electron chi connectivity index (χ3n) is 4.31. The van der Waals surface area contributed by atoms with Crippen LogP contribution in [0.4, 0.5) is 5.95 Å². The number of anilines is 1. The molecule has 0 radical (unpaired) electrons. The van der Waals surface area contributed by atoms with Gasteiger partial charge in [-0.2, -0.15) is 0 Å². The average molecular weight is 221 g/mol. The number of imidazole rings is 1. The molecule has 0 unspecified atom stereocenters. The zero-order valence-corrected chi connectivity index (χ0v) is 11.2. The lowest BCUT2D eigenvalue weighted by Crippen LogP contribution is -2.15. The van der Waals surface area contributed by atoms with E-state index < -0.39 is 0 Å². The van der Waals surface area contributed by atoms with Crippen molar-refractivity contribution in [3.05, 3.63) is 12.4 Å². The van der Waals surface area contributed by atoms with Crippen LogP contribution < -0.4 is 5.32 Å². The van der Waals surface area contributed by atoms with Crippen LogP contribution in [0.15, 0.2) is 12.4 Å². The largest absolute Gasteiger partial charge is 0.353 e. The normalized spacial score (nSPS) is 22.4. The van der Waals surface area contributed by atoms with E-state index in [0.717, 1.165) is 5.95 Å². The van der Waals surface area contributed by atoms with E-state index in [4.69, 9.17) is 0 Å². The van der Waals surface area contributed by atoms with Gasteiger partial charge in [-0.15, -0.1) is 0 Å². The van der Waals surface area contributed by atoms with Crippen molar-refractivity contribution in [1.82, 2.24) is 9.55 Å². The van der Waals surface area contributed by atoms with E-state index in [1.165, 1.54) is 0 Å². The molecule has 0 aromatic carbocycles. The van der Waals surface area contributed by atoms with Gasteiger partial charge in [0, 0.05) is 24.5 Å². The summed E-state index contributed by atoms with van der Waals surface area (Å²) in [7, 11) is 0. The lowest BCUT2D eigenvalue weighted by molar-refractivity contribution is 0.457.